The van der Waals surface area contributed by atoms with Gasteiger partial charge in [-0.15, -0.1) is 0 Å². The zero-order valence-corrected chi connectivity index (χ0v) is 15.5. The second-order valence-electron chi connectivity index (χ2n) is 5.56. The number of hydrogen-bond acceptors (Lipinski definition) is 8. The van der Waals surface area contributed by atoms with E-state index in [1.54, 1.807) is 0 Å². The summed E-state index contributed by atoms with van der Waals surface area (Å²) < 4.78 is 0. The minimum atomic E-state index is -1.39. The molecule has 0 aromatic rings. The third-order valence-electron chi connectivity index (χ3n) is 3.25. The van der Waals surface area contributed by atoms with Crippen LogP contribution in [0.4, 0.5) is 0 Å². The fourth-order valence-corrected chi connectivity index (χ4v) is 2.07. The van der Waals surface area contributed by atoms with E-state index in [0.717, 1.165) is 0 Å². The Bertz CT molecular complexity index is 628. The van der Waals surface area contributed by atoms with Gasteiger partial charge in [0.25, 0.3) is 0 Å². The predicted octanol–water partition coefficient (Wildman–Crippen LogP) is -3.25. The number of carbonyl (C=O) groups excluding carboxylic acids is 3. The molecule has 3 unspecified atom stereocenters. The molecule has 3 atom stereocenters. The largest absolute Gasteiger partial charge is 0.481 e. The van der Waals surface area contributed by atoms with E-state index in [1.807, 2.05) is 0 Å². The Morgan fingerprint density at radius 2 is 1.50 bits per heavy atom. The number of thiol groups is 1. The van der Waals surface area contributed by atoms with E-state index in [1.165, 1.54) is 0 Å². The number of rotatable bonds is 13. The predicted molar refractivity (Wildman–Crippen MR) is 95.5 cm³/mol. The van der Waals surface area contributed by atoms with E-state index >= 15 is 0 Å². The summed E-state index contributed by atoms with van der Waals surface area (Å²) in [7, 11) is 0. The van der Waals surface area contributed by atoms with Crippen molar-refractivity contribution in [3.8, 4) is 0 Å². The third-order valence-corrected chi connectivity index (χ3v) is 3.62. The van der Waals surface area contributed by atoms with Crippen LogP contribution in [0.25, 0.3) is 0 Å². The van der Waals surface area contributed by atoms with Gasteiger partial charge in [-0.3, -0.25) is 24.0 Å². The first-order valence-corrected chi connectivity index (χ1v) is 8.51. The molecule has 0 radical (unpaired) electrons. The number of carboxylic acids is 3. The van der Waals surface area contributed by atoms with Crippen molar-refractivity contribution in [3.63, 3.8) is 0 Å². The number of hydrogen-bond donors (Lipinski definition) is 8. The average molecular weight is 422 g/mol. The average Bonchev–Trinajstić information content (AvgIpc) is 2.59. The molecular formula is C14H22N4O9S. The molecule has 13 nitrogen and oxygen atoms in total. The first-order chi connectivity index (χ1) is 13.0. The molecule has 0 fully saturated rings. The van der Waals surface area contributed by atoms with Crippen molar-refractivity contribution >= 4 is 48.3 Å². The number of amides is 3. The van der Waals surface area contributed by atoms with Gasteiger partial charge in [-0.2, -0.15) is 12.6 Å². The first kappa shape index (κ1) is 25.1. The molecule has 14 heteroatoms. The summed E-state index contributed by atoms with van der Waals surface area (Å²) in [4.78, 5) is 67.7. The highest BCUT2D eigenvalue weighted by molar-refractivity contribution is 7.80. The maximum atomic E-state index is 12.1. The van der Waals surface area contributed by atoms with Crippen molar-refractivity contribution in [1.82, 2.24) is 16.0 Å². The zero-order chi connectivity index (χ0) is 21.9. The van der Waals surface area contributed by atoms with Gasteiger partial charge in [0.15, 0.2) is 0 Å². The Balaban J connectivity index is 4.84. The molecule has 0 aromatic carbocycles. The Morgan fingerprint density at radius 1 is 0.893 bits per heavy atom. The summed E-state index contributed by atoms with van der Waals surface area (Å²) in [5.74, 6) is -6.91. The molecular weight excluding hydrogens is 400 g/mol. The zero-order valence-electron chi connectivity index (χ0n) is 14.6. The monoisotopic (exact) mass is 422 g/mol. The van der Waals surface area contributed by atoms with Gasteiger partial charge in [0.2, 0.25) is 17.7 Å². The van der Waals surface area contributed by atoms with Crippen molar-refractivity contribution in [2.45, 2.75) is 37.4 Å². The van der Waals surface area contributed by atoms with Crippen LogP contribution in [0, 0.1) is 0 Å². The molecule has 0 rings (SSSR count). The second kappa shape index (κ2) is 12.5. The maximum absolute atomic E-state index is 12.1. The Kier molecular flexibility index (Phi) is 11.2. The quantitative estimate of drug-likeness (QED) is 0.138. The van der Waals surface area contributed by atoms with E-state index in [2.05, 4.69) is 28.6 Å². The Labute approximate surface area is 164 Å². The topological polar surface area (TPSA) is 225 Å². The number of carbonyl (C=O) groups is 6. The molecule has 3 amide bonds. The highest BCUT2D eigenvalue weighted by atomic mass is 32.1. The highest BCUT2D eigenvalue weighted by Crippen LogP contribution is 2.00. The molecule has 0 saturated heterocycles. The smallest absolute Gasteiger partial charge is 0.327 e. The van der Waals surface area contributed by atoms with Gasteiger partial charge in [0.05, 0.1) is 19.0 Å². The van der Waals surface area contributed by atoms with E-state index in [0.29, 0.717) is 0 Å². The van der Waals surface area contributed by atoms with Gasteiger partial charge in [0, 0.05) is 12.2 Å². The van der Waals surface area contributed by atoms with Crippen LogP contribution in [-0.2, 0) is 28.8 Å². The van der Waals surface area contributed by atoms with Gasteiger partial charge in [-0.1, -0.05) is 0 Å². The molecule has 0 spiro atoms. The van der Waals surface area contributed by atoms with Crippen LogP contribution < -0.4 is 21.7 Å². The van der Waals surface area contributed by atoms with Crippen molar-refractivity contribution in [2.75, 3.05) is 12.3 Å². The summed E-state index contributed by atoms with van der Waals surface area (Å²) in [5, 5.41) is 32.5. The molecule has 0 aliphatic rings. The van der Waals surface area contributed by atoms with Crippen molar-refractivity contribution < 1.29 is 44.1 Å². The van der Waals surface area contributed by atoms with E-state index in [4.69, 9.17) is 21.1 Å². The standard InChI is InChI=1S/C14H22N4O9S/c15-6(3-11(22)23)12(24)16-4-9(19)17-7(1-2-10(20)21)13(25)18-8(5-28)14(26)27/h6-8,28H,1-5,15H2,(H,16,24)(H,17,19)(H,18,25)(H,20,21)(H,22,23)(H,26,27). The van der Waals surface area contributed by atoms with Crippen LogP contribution in [0.3, 0.4) is 0 Å². The lowest BCUT2D eigenvalue weighted by Crippen LogP contribution is -2.54. The molecule has 0 bridgehead atoms. The van der Waals surface area contributed by atoms with Gasteiger partial charge < -0.3 is 37.0 Å². The lowest BCUT2D eigenvalue weighted by Gasteiger charge is -2.20. The summed E-state index contributed by atoms with van der Waals surface area (Å²) in [6.45, 7) is -0.655. The Hall–Kier alpha value is -2.87. The van der Waals surface area contributed by atoms with Crippen LogP contribution in [0.5, 0.6) is 0 Å². The van der Waals surface area contributed by atoms with Crippen molar-refractivity contribution in [3.05, 3.63) is 0 Å². The van der Waals surface area contributed by atoms with Crippen LogP contribution in [-0.4, -0.2) is 81.4 Å². The number of nitrogens with one attached hydrogen (secondary N) is 3. The summed E-state index contributed by atoms with van der Waals surface area (Å²) in [5.41, 5.74) is 5.32. The highest BCUT2D eigenvalue weighted by Gasteiger charge is 2.26. The summed E-state index contributed by atoms with van der Waals surface area (Å²) >= 11 is 3.77. The number of aliphatic carboxylic acids is 3. The molecule has 0 aliphatic heterocycles. The summed E-state index contributed by atoms with van der Waals surface area (Å²) in [6, 6.07) is -4.12. The van der Waals surface area contributed by atoms with Crippen LogP contribution >= 0.6 is 12.6 Å². The van der Waals surface area contributed by atoms with Crippen LogP contribution in [0.15, 0.2) is 0 Å². The SMILES string of the molecule is NC(CC(=O)O)C(=O)NCC(=O)NC(CCC(=O)O)C(=O)NC(CS)C(=O)O. The number of carboxylic acid groups (broad SMARTS) is 3. The molecule has 8 N–H and O–H groups in total. The number of nitrogens with two attached hydrogens (primary N) is 1. The molecule has 0 aliphatic carbocycles. The van der Waals surface area contributed by atoms with Gasteiger partial charge >= 0.3 is 17.9 Å². The van der Waals surface area contributed by atoms with Gasteiger partial charge in [-0.25, -0.2) is 4.79 Å². The van der Waals surface area contributed by atoms with Crippen molar-refractivity contribution in [2.24, 2.45) is 5.73 Å². The van der Waals surface area contributed by atoms with E-state index in [9.17, 15) is 28.8 Å². The van der Waals surface area contributed by atoms with Crippen LogP contribution in [0.2, 0.25) is 0 Å². The lowest BCUT2D eigenvalue weighted by atomic mass is 10.1. The van der Waals surface area contributed by atoms with E-state index in [-0.39, 0.29) is 12.2 Å². The molecule has 0 saturated carbocycles. The Morgan fingerprint density at radius 3 is 1.96 bits per heavy atom. The van der Waals surface area contributed by atoms with Gasteiger partial charge in [0.1, 0.15) is 12.1 Å². The molecule has 158 valence electrons. The van der Waals surface area contributed by atoms with Gasteiger partial charge in [-0.05, 0) is 6.42 Å². The lowest BCUT2D eigenvalue weighted by molar-refractivity contribution is -0.142. The minimum Gasteiger partial charge on any atom is -0.481 e. The van der Waals surface area contributed by atoms with E-state index < -0.39 is 73.1 Å². The third kappa shape index (κ3) is 10.3. The first-order valence-electron chi connectivity index (χ1n) is 7.88. The summed E-state index contributed by atoms with van der Waals surface area (Å²) in [6.07, 6.45) is -1.48. The maximum Gasteiger partial charge on any atom is 0.327 e. The van der Waals surface area contributed by atoms with Crippen LogP contribution in [0.1, 0.15) is 19.3 Å². The normalized spacial score (nSPS) is 13.5. The fourth-order valence-electron chi connectivity index (χ4n) is 1.82. The molecule has 28 heavy (non-hydrogen) atoms. The minimum absolute atomic E-state index is 0.238. The molecule has 0 aromatic heterocycles. The molecule has 0 heterocycles. The second-order valence-corrected chi connectivity index (χ2v) is 5.92. The fraction of sp³-hybridized carbons (Fsp3) is 0.571. The van der Waals surface area contributed by atoms with Crippen molar-refractivity contribution in [1.29, 1.82) is 0 Å².